The summed E-state index contributed by atoms with van der Waals surface area (Å²) in [5, 5.41) is 5.43. The van der Waals surface area contributed by atoms with E-state index in [0.717, 1.165) is 11.4 Å². The van der Waals surface area contributed by atoms with Gasteiger partial charge in [0, 0.05) is 17.1 Å². The van der Waals surface area contributed by atoms with Crippen LogP contribution in [-0.4, -0.2) is 5.91 Å². The molecule has 0 saturated heterocycles. The normalized spacial score (nSPS) is 10.5. The van der Waals surface area contributed by atoms with Gasteiger partial charge in [0.1, 0.15) is 0 Å². The van der Waals surface area contributed by atoms with Crippen LogP contribution in [0.5, 0.6) is 0 Å². The van der Waals surface area contributed by atoms with Gasteiger partial charge in [-0.1, -0.05) is 18.2 Å². The summed E-state index contributed by atoms with van der Waals surface area (Å²) < 4.78 is 53.0. The Morgan fingerprint density at radius 2 is 1.27 bits per heavy atom. The molecule has 0 heterocycles. The number of para-hydroxylation sites is 1. The minimum absolute atomic E-state index is 0.276. The molecular formula is C19H12F4N2O. The highest BCUT2D eigenvalue weighted by Gasteiger charge is 2.23. The average Bonchev–Trinajstić information content (AvgIpc) is 2.65. The van der Waals surface area contributed by atoms with Crippen LogP contribution in [0, 0.1) is 23.3 Å². The van der Waals surface area contributed by atoms with Crippen LogP contribution in [0.25, 0.3) is 0 Å². The second kappa shape index (κ2) is 7.26. The van der Waals surface area contributed by atoms with Crippen LogP contribution in [0.1, 0.15) is 10.4 Å². The van der Waals surface area contributed by atoms with Crippen molar-refractivity contribution in [1.82, 2.24) is 0 Å². The standard InChI is InChI=1S/C19H12F4N2O/c20-15-10-14(16(21)18(23)17(15)22)19(26)25-13-8-6-12(7-9-13)24-11-4-2-1-3-5-11/h1-10,24H,(H,25,26). The Labute approximate surface area is 146 Å². The lowest BCUT2D eigenvalue weighted by molar-refractivity contribution is 0.102. The summed E-state index contributed by atoms with van der Waals surface area (Å²) in [6.07, 6.45) is 0. The molecule has 0 aliphatic carbocycles. The number of hydrogen-bond donors (Lipinski definition) is 2. The third-order valence-corrected chi connectivity index (χ3v) is 3.55. The largest absolute Gasteiger partial charge is 0.356 e. The van der Waals surface area contributed by atoms with Crippen molar-refractivity contribution in [3.8, 4) is 0 Å². The average molecular weight is 360 g/mol. The first-order valence-corrected chi connectivity index (χ1v) is 7.52. The maximum absolute atomic E-state index is 13.6. The lowest BCUT2D eigenvalue weighted by Gasteiger charge is -2.10. The molecule has 2 N–H and O–H groups in total. The Kier molecular flexibility index (Phi) is 4.88. The van der Waals surface area contributed by atoms with Crippen LogP contribution in [0.2, 0.25) is 0 Å². The van der Waals surface area contributed by atoms with E-state index < -0.39 is 34.7 Å². The molecule has 0 unspecified atom stereocenters. The van der Waals surface area contributed by atoms with Crippen LogP contribution >= 0.6 is 0 Å². The summed E-state index contributed by atoms with van der Waals surface area (Å²) in [6, 6.07) is 16.0. The molecular weight excluding hydrogens is 348 g/mol. The number of nitrogens with one attached hydrogen (secondary N) is 2. The van der Waals surface area contributed by atoms with E-state index in [1.807, 2.05) is 30.3 Å². The molecule has 3 aromatic rings. The Morgan fingerprint density at radius 3 is 1.92 bits per heavy atom. The summed E-state index contributed by atoms with van der Waals surface area (Å²) in [4.78, 5) is 12.0. The van der Waals surface area contributed by atoms with E-state index in [4.69, 9.17) is 0 Å². The van der Waals surface area contributed by atoms with E-state index in [1.54, 1.807) is 12.1 Å². The van der Waals surface area contributed by atoms with Crippen molar-refractivity contribution >= 4 is 23.0 Å². The zero-order chi connectivity index (χ0) is 18.7. The minimum Gasteiger partial charge on any atom is -0.356 e. The number of hydrogen-bond acceptors (Lipinski definition) is 2. The molecule has 0 atom stereocenters. The maximum Gasteiger partial charge on any atom is 0.258 e. The first-order chi connectivity index (χ1) is 12.5. The number of halogens is 4. The van der Waals surface area contributed by atoms with Crippen molar-refractivity contribution in [2.45, 2.75) is 0 Å². The zero-order valence-corrected chi connectivity index (χ0v) is 13.2. The number of benzene rings is 3. The fourth-order valence-corrected chi connectivity index (χ4v) is 2.26. The topological polar surface area (TPSA) is 41.1 Å². The van der Waals surface area contributed by atoms with Gasteiger partial charge in [-0.2, -0.15) is 0 Å². The van der Waals surface area contributed by atoms with Crippen LogP contribution in [0.15, 0.2) is 60.7 Å². The molecule has 7 heteroatoms. The number of amides is 1. The Balaban J connectivity index is 1.74. The summed E-state index contributed by atoms with van der Waals surface area (Å²) >= 11 is 0. The molecule has 1 amide bonds. The van der Waals surface area contributed by atoms with Gasteiger partial charge in [0.05, 0.1) is 5.56 Å². The molecule has 132 valence electrons. The fourth-order valence-electron chi connectivity index (χ4n) is 2.26. The number of anilines is 3. The van der Waals surface area contributed by atoms with Crippen LogP contribution in [0.3, 0.4) is 0 Å². The zero-order valence-electron chi connectivity index (χ0n) is 13.2. The van der Waals surface area contributed by atoms with Crippen LogP contribution in [-0.2, 0) is 0 Å². The van der Waals surface area contributed by atoms with Crippen LogP contribution < -0.4 is 10.6 Å². The lowest BCUT2D eigenvalue weighted by atomic mass is 10.1. The number of rotatable bonds is 4. The Bertz CT molecular complexity index is 944. The molecule has 0 radical (unpaired) electrons. The predicted molar refractivity (Wildman–Crippen MR) is 90.4 cm³/mol. The van der Waals surface area contributed by atoms with Gasteiger partial charge < -0.3 is 10.6 Å². The molecule has 3 rings (SSSR count). The molecule has 26 heavy (non-hydrogen) atoms. The molecule has 3 nitrogen and oxygen atoms in total. The highest BCUT2D eigenvalue weighted by atomic mass is 19.2. The second-order valence-corrected chi connectivity index (χ2v) is 5.37. The van der Waals surface area contributed by atoms with Crippen molar-refractivity contribution < 1.29 is 22.4 Å². The summed E-state index contributed by atoms with van der Waals surface area (Å²) in [6.45, 7) is 0. The summed E-state index contributed by atoms with van der Waals surface area (Å²) in [5.41, 5.74) is 0.953. The van der Waals surface area contributed by atoms with Gasteiger partial charge in [0.15, 0.2) is 23.3 Å². The second-order valence-electron chi connectivity index (χ2n) is 5.37. The molecule has 0 spiro atoms. The maximum atomic E-state index is 13.6. The first kappa shape index (κ1) is 17.5. The highest BCUT2D eigenvalue weighted by Crippen LogP contribution is 2.22. The van der Waals surface area contributed by atoms with Gasteiger partial charge in [-0.3, -0.25) is 4.79 Å². The lowest BCUT2D eigenvalue weighted by Crippen LogP contribution is -2.16. The van der Waals surface area contributed by atoms with E-state index in [1.165, 1.54) is 12.1 Å². The van der Waals surface area contributed by atoms with Crippen molar-refractivity contribution in [2.24, 2.45) is 0 Å². The molecule has 0 fully saturated rings. The van der Waals surface area contributed by atoms with Gasteiger partial charge in [-0.25, -0.2) is 17.6 Å². The van der Waals surface area contributed by atoms with E-state index in [2.05, 4.69) is 10.6 Å². The first-order valence-electron chi connectivity index (χ1n) is 7.52. The molecule has 0 saturated carbocycles. The fraction of sp³-hybridized carbons (Fsp3) is 0. The van der Waals surface area contributed by atoms with E-state index in [9.17, 15) is 22.4 Å². The molecule has 0 aliphatic heterocycles. The van der Waals surface area contributed by atoms with Crippen molar-refractivity contribution in [3.63, 3.8) is 0 Å². The van der Waals surface area contributed by atoms with Gasteiger partial charge in [0.2, 0.25) is 0 Å². The summed E-state index contributed by atoms with van der Waals surface area (Å²) in [7, 11) is 0. The SMILES string of the molecule is O=C(Nc1ccc(Nc2ccccc2)cc1)c1cc(F)c(F)c(F)c1F. The predicted octanol–water partition coefficient (Wildman–Crippen LogP) is 5.24. The monoisotopic (exact) mass is 360 g/mol. The highest BCUT2D eigenvalue weighted by molar-refractivity contribution is 6.04. The van der Waals surface area contributed by atoms with E-state index in [0.29, 0.717) is 6.07 Å². The van der Waals surface area contributed by atoms with E-state index in [-0.39, 0.29) is 5.69 Å². The molecule has 0 bridgehead atoms. The molecule has 0 aliphatic rings. The summed E-state index contributed by atoms with van der Waals surface area (Å²) in [5.74, 6) is -8.47. The van der Waals surface area contributed by atoms with Gasteiger partial charge >= 0.3 is 0 Å². The minimum atomic E-state index is -2.03. The molecule has 3 aromatic carbocycles. The third kappa shape index (κ3) is 3.66. The van der Waals surface area contributed by atoms with Gasteiger partial charge in [-0.15, -0.1) is 0 Å². The third-order valence-electron chi connectivity index (χ3n) is 3.55. The number of carbonyl (C=O) groups is 1. The quantitative estimate of drug-likeness (QED) is 0.380. The Hall–Kier alpha value is -3.35. The van der Waals surface area contributed by atoms with E-state index >= 15 is 0 Å². The van der Waals surface area contributed by atoms with Crippen molar-refractivity contribution in [1.29, 1.82) is 0 Å². The molecule has 0 aromatic heterocycles. The van der Waals surface area contributed by atoms with Crippen molar-refractivity contribution in [2.75, 3.05) is 10.6 Å². The smallest absolute Gasteiger partial charge is 0.258 e. The van der Waals surface area contributed by atoms with Gasteiger partial charge in [0.25, 0.3) is 5.91 Å². The van der Waals surface area contributed by atoms with Gasteiger partial charge in [-0.05, 0) is 42.5 Å². The van der Waals surface area contributed by atoms with Crippen LogP contribution in [0.4, 0.5) is 34.6 Å². The van der Waals surface area contributed by atoms with Crippen molar-refractivity contribution in [3.05, 3.63) is 89.5 Å². The number of carbonyl (C=O) groups excluding carboxylic acids is 1. The Morgan fingerprint density at radius 1 is 0.692 bits per heavy atom.